The zero-order chi connectivity index (χ0) is 22.3. The van der Waals surface area contributed by atoms with Crippen LogP contribution in [0.4, 0.5) is 0 Å². The van der Waals surface area contributed by atoms with E-state index in [0.717, 1.165) is 24.3 Å². The summed E-state index contributed by atoms with van der Waals surface area (Å²) in [5, 5.41) is 6.96. The van der Waals surface area contributed by atoms with Crippen molar-refractivity contribution < 1.29 is 14.1 Å². The van der Waals surface area contributed by atoms with Crippen molar-refractivity contribution in [1.29, 1.82) is 0 Å². The van der Waals surface area contributed by atoms with Crippen LogP contribution in [0.1, 0.15) is 72.9 Å². The molecular weight excluding hydrogens is 424 g/mol. The van der Waals surface area contributed by atoms with Gasteiger partial charge in [0.25, 0.3) is 5.91 Å². The van der Waals surface area contributed by atoms with Crippen molar-refractivity contribution >= 4 is 23.6 Å². The number of hydrogen-bond donors (Lipinski definition) is 1. The van der Waals surface area contributed by atoms with Crippen molar-refractivity contribution in [3.63, 3.8) is 0 Å². The Bertz CT molecular complexity index is 917. The van der Waals surface area contributed by atoms with E-state index in [1.807, 2.05) is 36.1 Å². The predicted molar refractivity (Wildman–Crippen MR) is 124 cm³/mol. The molecular formula is C24H32N4O3S. The number of nitrogens with one attached hydrogen (secondary N) is 1. The van der Waals surface area contributed by atoms with Gasteiger partial charge in [-0.2, -0.15) is 4.98 Å². The summed E-state index contributed by atoms with van der Waals surface area (Å²) in [6.07, 6.45) is 7.92. The van der Waals surface area contributed by atoms with Gasteiger partial charge in [0, 0.05) is 30.4 Å². The number of carbonyl (C=O) groups excluding carboxylic acids is 2. The number of carbonyl (C=O) groups is 2. The van der Waals surface area contributed by atoms with Crippen molar-refractivity contribution in [2.75, 3.05) is 25.4 Å². The molecule has 2 amide bonds. The molecule has 4 rings (SSSR count). The Morgan fingerprint density at radius 1 is 1.12 bits per heavy atom. The van der Waals surface area contributed by atoms with Crippen molar-refractivity contribution in [3.8, 4) is 0 Å². The van der Waals surface area contributed by atoms with Crippen molar-refractivity contribution in [2.45, 2.75) is 62.7 Å². The van der Waals surface area contributed by atoms with Crippen molar-refractivity contribution in [2.24, 2.45) is 5.92 Å². The molecule has 2 aromatic rings. The van der Waals surface area contributed by atoms with Gasteiger partial charge in [-0.3, -0.25) is 9.59 Å². The second-order valence-electron chi connectivity index (χ2n) is 8.84. The van der Waals surface area contributed by atoms with Crippen LogP contribution in [0, 0.1) is 12.8 Å². The van der Waals surface area contributed by atoms with E-state index in [1.54, 1.807) is 0 Å². The summed E-state index contributed by atoms with van der Waals surface area (Å²) in [4.78, 5) is 32.7. The monoisotopic (exact) mass is 456 g/mol. The normalized spacial score (nSPS) is 18.0. The summed E-state index contributed by atoms with van der Waals surface area (Å²) >= 11 is 1.44. The van der Waals surface area contributed by atoms with Crippen LogP contribution in [0.5, 0.6) is 0 Å². The van der Waals surface area contributed by atoms with E-state index in [0.29, 0.717) is 42.0 Å². The van der Waals surface area contributed by atoms with Gasteiger partial charge >= 0.3 is 0 Å². The average Bonchev–Trinajstić information content (AvgIpc) is 3.28. The maximum absolute atomic E-state index is 13.2. The first-order valence-electron chi connectivity index (χ1n) is 11.7. The number of amides is 2. The van der Waals surface area contributed by atoms with Crippen LogP contribution in [-0.4, -0.2) is 52.2 Å². The van der Waals surface area contributed by atoms with Crippen molar-refractivity contribution in [3.05, 3.63) is 41.5 Å². The van der Waals surface area contributed by atoms with Crippen LogP contribution in [-0.2, 0) is 4.79 Å². The Morgan fingerprint density at radius 3 is 2.59 bits per heavy atom. The molecule has 2 fully saturated rings. The molecule has 0 unspecified atom stereocenters. The molecule has 1 saturated heterocycles. The van der Waals surface area contributed by atoms with Gasteiger partial charge in [0.2, 0.25) is 11.8 Å². The number of thioether (sulfide) groups is 1. The van der Waals surface area contributed by atoms with Gasteiger partial charge in [-0.1, -0.05) is 36.6 Å². The smallest absolute Gasteiger partial charge is 0.254 e. The third kappa shape index (κ3) is 5.91. The average molecular weight is 457 g/mol. The van der Waals surface area contributed by atoms with E-state index in [4.69, 9.17) is 4.52 Å². The molecule has 1 aliphatic carbocycles. The van der Waals surface area contributed by atoms with E-state index in [1.165, 1.54) is 43.9 Å². The molecule has 1 aliphatic heterocycles. The molecule has 172 valence electrons. The highest BCUT2D eigenvalue weighted by atomic mass is 32.2. The number of aryl methyl sites for hydroxylation is 1. The molecule has 2 heterocycles. The van der Waals surface area contributed by atoms with E-state index in [-0.39, 0.29) is 17.7 Å². The minimum Gasteiger partial charge on any atom is -0.355 e. The highest BCUT2D eigenvalue weighted by Gasteiger charge is 2.28. The zero-order valence-corrected chi connectivity index (χ0v) is 19.5. The van der Waals surface area contributed by atoms with Gasteiger partial charge in [0.15, 0.2) is 5.82 Å². The Hall–Kier alpha value is -2.35. The lowest BCUT2D eigenvalue weighted by Crippen LogP contribution is -2.38. The minimum absolute atomic E-state index is 0.0240. The topological polar surface area (TPSA) is 88.3 Å². The quantitative estimate of drug-likeness (QED) is 0.629. The summed E-state index contributed by atoms with van der Waals surface area (Å²) in [6.45, 7) is 3.91. The summed E-state index contributed by atoms with van der Waals surface area (Å²) in [7, 11) is 0. The molecule has 1 aromatic carbocycles. The lowest BCUT2D eigenvalue weighted by Gasteiger charge is -2.31. The van der Waals surface area contributed by atoms with Crippen LogP contribution in [0.15, 0.2) is 33.7 Å². The molecule has 0 radical (unpaired) electrons. The molecule has 1 aromatic heterocycles. The molecule has 0 spiro atoms. The van der Waals surface area contributed by atoms with Gasteiger partial charge in [0.05, 0.1) is 11.3 Å². The Labute approximate surface area is 193 Å². The van der Waals surface area contributed by atoms with Crippen LogP contribution in [0.25, 0.3) is 0 Å². The Morgan fingerprint density at radius 2 is 1.88 bits per heavy atom. The molecule has 7 nitrogen and oxygen atoms in total. The maximum Gasteiger partial charge on any atom is 0.254 e. The predicted octanol–water partition coefficient (Wildman–Crippen LogP) is 4.19. The summed E-state index contributed by atoms with van der Waals surface area (Å²) < 4.78 is 5.31. The molecule has 2 aliphatic rings. The van der Waals surface area contributed by atoms with Crippen LogP contribution >= 0.6 is 11.8 Å². The Kier molecular flexibility index (Phi) is 7.84. The van der Waals surface area contributed by atoms with Gasteiger partial charge in [-0.15, -0.1) is 11.8 Å². The SMILES string of the molecule is Cc1noc(C2CCN(C(=O)c3ccccc3SCC(=O)NCC3CCCCC3)CC2)n1. The van der Waals surface area contributed by atoms with E-state index >= 15 is 0 Å². The maximum atomic E-state index is 13.2. The molecule has 0 atom stereocenters. The van der Waals surface area contributed by atoms with E-state index < -0.39 is 0 Å². The first kappa shape index (κ1) is 22.8. The van der Waals surface area contributed by atoms with E-state index in [2.05, 4.69) is 15.5 Å². The fourth-order valence-corrected chi connectivity index (χ4v) is 5.47. The first-order valence-corrected chi connectivity index (χ1v) is 12.7. The fourth-order valence-electron chi connectivity index (χ4n) is 4.59. The highest BCUT2D eigenvalue weighted by Crippen LogP contribution is 2.30. The number of nitrogens with zero attached hydrogens (tertiary/aromatic N) is 3. The highest BCUT2D eigenvalue weighted by molar-refractivity contribution is 8.00. The summed E-state index contributed by atoms with van der Waals surface area (Å²) in [5.41, 5.74) is 0.671. The van der Waals surface area contributed by atoms with Crippen LogP contribution in [0.2, 0.25) is 0 Å². The van der Waals surface area contributed by atoms with Crippen LogP contribution in [0.3, 0.4) is 0 Å². The molecule has 1 N–H and O–H groups in total. The molecule has 8 heteroatoms. The number of benzene rings is 1. The minimum atomic E-state index is 0.0240. The summed E-state index contributed by atoms with van der Waals surface area (Å²) in [5.74, 6) is 2.53. The van der Waals surface area contributed by atoms with Gasteiger partial charge in [-0.05, 0) is 50.7 Å². The third-order valence-electron chi connectivity index (χ3n) is 6.46. The second-order valence-corrected chi connectivity index (χ2v) is 9.86. The number of likely N-dealkylation sites (tertiary alicyclic amines) is 1. The number of hydrogen-bond acceptors (Lipinski definition) is 6. The largest absolute Gasteiger partial charge is 0.355 e. The number of aromatic nitrogens is 2. The Balaban J connectivity index is 1.28. The number of piperidine rings is 1. The fraction of sp³-hybridized carbons (Fsp3) is 0.583. The second kappa shape index (κ2) is 11.0. The first-order chi connectivity index (χ1) is 15.6. The molecule has 1 saturated carbocycles. The molecule has 0 bridgehead atoms. The van der Waals surface area contributed by atoms with Crippen molar-refractivity contribution in [1.82, 2.24) is 20.4 Å². The van der Waals surface area contributed by atoms with Crippen LogP contribution < -0.4 is 5.32 Å². The van der Waals surface area contributed by atoms with Gasteiger partial charge < -0.3 is 14.7 Å². The number of rotatable bonds is 7. The van der Waals surface area contributed by atoms with E-state index in [9.17, 15) is 9.59 Å². The lowest BCUT2D eigenvalue weighted by atomic mass is 9.89. The lowest BCUT2D eigenvalue weighted by molar-refractivity contribution is -0.118. The van der Waals surface area contributed by atoms with Gasteiger partial charge in [-0.25, -0.2) is 0 Å². The zero-order valence-electron chi connectivity index (χ0n) is 18.7. The molecule has 32 heavy (non-hydrogen) atoms. The summed E-state index contributed by atoms with van der Waals surface area (Å²) in [6, 6.07) is 7.59. The third-order valence-corrected chi connectivity index (χ3v) is 7.54. The van der Waals surface area contributed by atoms with Gasteiger partial charge in [0.1, 0.15) is 0 Å². The standard InChI is InChI=1S/C24H32N4O3S/c1-17-26-23(31-27-17)19-11-13-28(14-12-19)24(30)20-9-5-6-10-21(20)32-16-22(29)25-15-18-7-3-2-4-8-18/h5-6,9-10,18-19H,2-4,7-8,11-16H2,1H3,(H,25,29).